The van der Waals surface area contributed by atoms with E-state index in [1.807, 2.05) is 6.07 Å². The molecular formula is C13H14O2S. The smallest absolute Gasteiger partial charge is 0.335 e. The van der Waals surface area contributed by atoms with E-state index in [2.05, 4.69) is 26.8 Å². The fourth-order valence-corrected chi connectivity index (χ4v) is 2.69. The quantitative estimate of drug-likeness (QED) is 0.812. The number of carboxylic acids is 1. The molecule has 3 heteroatoms. The van der Waals surface area contributed by atoms with Gasteiger partial charge < -0.3 is 5.11 Å². The minimum absolute atomic E-state index is 0.118. The van der Waals surface area contributed by atoms with Crippen LogP contribution < -0.4 is 0 Å². The van der Waals surface area contributed by atoms with Gasteiger partial charge in [-0.1, -0.05) is 26.8 Å². The van der Waals surface area contributed by atoms with Crippen LogP contribution in [-0.2, 0) is 5.41 Å². The zero-order valence-corrected chi connectivity index (χ0v) is 10.4. The Morgan fingerprint density at radius 3 is 2.50 bits per heavy atom. The molecule has 0 fully saturated rings. The van der Waals surface area contributed by atoms with Crippen molar-refractivity contribution in [2.24, 2.45) is 0 Å². The van der Waals surface area contributed by atoms with Crippen LogP contribution in [0.25, 0.3) is 10.1 Å². The number of aromatic carboxylic acids is 1. The Morgan fingerprint density at radius 2 is 1.94 bits per heavy atom. The van der Waals surface area contributed by atoms with E-state index in [1.54, 1.807) is 23.5 Å². The van der Waals surface area contributed by atoms with Crippen LogP contribution in [0.3, 0.4) is 0 Å². The van der Waals surface area contributed by atoms with Crippen molar-refractivity contribution >= 4 is 27.4 Å². The van der Waals surface area contributed by atoms with Crippen LogP contribution in [0.5, 0.6) is 0 Å². The summed E-state index contributed by atoms with van der Waals surface area (Å²) >= 11 is 1.67. The maximum Gasteiger partial charge on any atom is 0.335 e. The Balaban J connectivity index is 2.59. The maximum atomic E-state index is 10.9. The lowest BCUT2D eigenvalue weighted by atomic mass is 9.94. The zero-order chi connectivity index (χ0) is 11.9. The molecule has 0 radical (unpaired) electrons. The van der Waals surface area contributed by atoms with Crippen LogP contribution >= 0.6 is 11.3 Å². The van der Waals surface area contributed by atoms with Crippen molar-refractivity contribution in [3.63, 3.8) is 0 Å². The molecule has 0 atom stereocenters. The van der Waals surface area contributed by atoms with Crippen LogP contribution in [-0.4, -0.2) is 11.1 Å². The van der Waals surface area contributed by atoms with E-state index in [1.165, 1.54) is 4.88 Å². The van der Waals surface area contributed by atoms with Crippen LogP contribution in [0.4, 0.5) is 0 Å². The molecule has 0 unspecified atom stereocenters. The van der Waals surface area contributed by atoms with Crippen LogP contribution in [0.1, 0.15) is 36.0 Å². The van der Waals surface area contributed by atoms with Crippen molar-refractivity contribution in [1.82, 2.24) is 0 Å². The third kappa shape index (κ3) is 1.95. The number of hydrogen-bond donors (Lipinski definition) is 1. The van der Waals surface area contributed by atoms with Gasteiger partial charge in [-0.2, -0.15) is 0 Å². The Hall–Kier alpha value is -1.35. The van der Waals surface area contributed by atoms with E-state index in [-0.39, 0.29) is 5.41 Å². The molecule has 1 heterocycles. The van der Waals surface area contributed by atoms with Gasteiger partial charge in [0.05, 0.1) is 5.56 Å². The molecule has 2 aromatic rings. The monoisotopic (exact) mass is 234 g/mol. The molecule has 16 heavy (non-hydrogen) atoms. The van der Waals surface area contributed by atoms with Gasteiger partial charge in [-0.25, -0.2) is 4.79 Å². The van der Waals surface area contributed by atoms with Crippen molar-refractivity contribution in [3.05, 3.63) is 34.7 Å². The highest BCUT2D eigenvalue weighted by molar-refractivity contribution is 7.19. The molecule has 0 aliphatic heterocycles. The van der Waals surface area contributed by atoms with Gasteiger partial charge in [0.15, 0.2) is 0 Å². The minimum atomic E-state index is -0.868. The number of benzene rings is 1. The van der Waals surface area contributed by atoms with Crippen molar-refractivity contribution in [3.8, 4) is 0 Å². The van der Waals surface area contributed by atoms with Crippen LogP contribution in [0.2, 0.25) is 0 Å². The average molecular weight is 234 g/mol. The fourth-order valence-electron chi connectivity index (χ4n) is 1.53. The second-order valence-electron chi connectivity index (χ2n) is 4.92. The van der Waals surface area contributed by atoms with Gasteiger partial charge in [0.1, 0.15) is 0 Å². The maximum absolute atomic E-state index is 10.9. The summed E-state index contributed by atoms with van der Waals surface area (Å²) in [5, 5.41) is 10.0. The summed E-state index contributed by atoms with van der Waals surface area (Å²) in [6.07, 6.45) is 0. The Labute approximate surface area is 98.5 Å². The molecule has 1 N–H and O–H groups in total. The minimum Gasteiger partial charge on any atom is -0.478 e. The molecule has 0 amide bonds. The average Bonchev–Trinajstić information content (AvgIpc) is 2.58. The Bertz CT molecular complexity index is 547. The van der Waals surface area contributed by atoms with Gasteiger partial charge in [0.2, 0.25) is 0 Å². The van der Waals surface area contributed by atoms with Gasteiger partial charge in [-0.15, -0.1) is 11.3 Å². The lowest BCUT2D eigenvalue weighted by molar-refractivity contribution is 0.0697. The van der Waals surface area contributed by atoms with Crippen LogP contribution in [0, 0.1) is 0 Å². The number of thiophene rings is 1. The number of carboxylic acid groups (broad SMARTS) is 1. The Kier molecular flexibility index (Phi) is 2.50. The molecule has 2 rings (SSSR count). The first kappa shape index (κ1) is 11.1. The molecule has 0 aliphatic rings. The largest absolute Gasteiger partial charge is 0.478 e. The van der Waals surface area contributed by atoms with E-state index in [4.69, 9.17) is 5.11 Å². The molecule has 0 saturated carbocycles. The lowest BCUT2D eigenvalue weighted by Crippen LogP contribution is -2.07. The van der Waals surface area contributed by atoms with Gasteiger partial charge in [-0.3, -0.25) is 0 Å². The molecule has 2 nitrogen and oxygen atoms in total. The number of hydrogen-bond acceptors (Lipinski definition) is 2. The van der Waals surface area contributed by atoms with E-state index >= 15 is 0 Å². The standard InChI is InChI=1S/C13H14O2S/c1-13(2,3)11-7-8-4-5-9(12(14)15)6-10(8)16-11/h4-7H,1-3H3,(H,14,15). The van der Waals surface area contributed by atoms with E-state index in [0.29, 0.717) is 5.56 Å². The highest BCUT2D eigenvalue weighted by atomic mass is 32.1. The van der Waals surface area contributed by atoms with E-state index < -0.39 is 5.97 Å². The third-order valence-corrected chi connectivity index (χ3v) is 4.03. The van der Waals surface area contributed by atoms with Crippen molar-refractivity contribution in [1.29, 1.82) is 0 Å². The van der Waals surface area contributed by atoms with Crippen LogP contribution in [0.15, 0.2) is 24.3 Å². The lowest BCUT2D eigenvalue weighted by Gasteiger charge is -2.14. The third-order valence-electron chi connectivity index (χ3n) is 2.51. The number of fused-ring (bicyclic) bond motifs is 1. The predicted octanol–water partition coefficient (Wildman–Crippen LogP) is 3.90. The number of carbonyl (C=O) groups is 1. The fraction of sp³-hybridized carbons (Fsp3) is 0.308. The molecule has 84 valence electrons. The first-order valence-corrected chi connectivity index (χ1v) is 5.97. The van der Waals surface area contributed by atoms with Crippen molar-refractivity contribution in [2.45, 2.75) is 26.2 Å². The summed E-state index contributed by atoms with van der Waals surface area (Å²) in [7, 11) is 0. The summed E-state index contributed by atoms with van der Waals surface area (Å²) in [6, 6.07) is 7.43. The SMILES string of the molecule is CC(C)(C)c1cc2ccc(C(=O)O)cc2s1. The Morgan fingerprint density at radius 1 is 1.25 bits per heavy atom. The molecule has 0 aliphatic carbocycles. The normalized spacial score (nSPS) is 11.9. The summed E-state index contributed by atoms with van der Waals surface area (Å²) in [6.45, 7) is 6.49. The summed E-state index contributed by atoms with van der Waals surface area (Å²) in [5.74, 6) is -0.868. The molecule has 0 spiro atoms. The van der Waals surface area contributed by atoms with Gasteiger partial charge in [0.25, 0.3) is 0 Å². The summed E-state index contributed by atoms with van der Waals surface area (Å²) in [4.78, 5) is 12.1. The second kappa shape index (κ2) is 3.59. The van der Waals surface area contributed by atoms with Gasteiger partial charge in [-0.05, 0) is 29.0 Å². The van der Waals surface area contributed by atoms with E-state index in [9.17, 15) is 4.79 Å². The van der Waals surface area contributed by atoms with Gasteiger partial charge >= 0.3 is 5.97 Å². The highest BCUT2D eigenvalue weighted by Gasteiger charge is 2.17. The molecule has 1 aromatic heterocycles. The predicted molar refractivity (Wildman–Crippen MR) is 67.5 cm³/mol. The van der Waals surface area contributed by atoms with Crippen molar-refractivity contribution < 1.29 is 9.90 Å². The molecule has 1 aromatic carbocycles. The number of rotatable bonds is 1. The van der Waals surface area contributed by atoms with E-state index in [0.717, 1.165) is 10.1 Å². The second-order valence-corrected chi connectivity index (χ2v) is 6.00. The highest BCUT2D eigenvalue weighted by Crippen LogP contribution is 2.34. The molecule has 0 bridgehead atoms. The van der Waals surface area contributed by atoms with Crippen molar-refractivity contribution in [2.75, 3.05) is 0 Å². The summed E-state index contributed by atoms with van der Waals surface area (Å²) in [5.41, 5.74) is 0.474. The first-order valence-electron chi connectivity index (χ1n) is 5.15. The zero-order valence-electron chi connectivity index (χ0n) is 9.57. The topological polar surface area (TPSA) is 37.3 Å². The molecule has 0 saturated heterocycles. The molecular weight excluding hydrogens is 220 g/mol. The van der Waals surface area contributed by atoms with Gasteiger partial charge in [0, 0.05) is 9.58 Å². The summed E-state index contributed by atoms with van der Waals surface area (Å²) < 4.78 is 1.05. The first-order chi connectivity index (χ1) is 7.38.